The van der Waals surface area contributed by atoms with E-state index in [1.165, 1.54) is 11.1 Å². The van der Waals surface area contributed by atoms with Gasteiger partial charge in [-0.15, -0.1) is 0 Å². The number of aromatic hydroxyl groups is 1. The second-order valence-electron chi connectivity index (χ2n) is 4.02. The van der Waals surface area contributed by atoms with Crippen molar-refractivity contribution < 1.29 is 5.11 Å². The predicted octanol–water partition coefficient (Wildman–Crippen LogP) is 3.93. The van der Waals surface area contributed by atoms with E-state index in [9.17, 15) is 5.11 Å². The molecule has 0 saturated carbocycles. The van der Waals surface area contributed by atoms with Crippen LogP contribution in [-0.4, -0.2) is 5.11 Å². The molecule has 1 N–H and O–H groups in total. The molecule has 0 aliphatic heterocycles. The molecule has 1 heteroatoms. The first-order chi connectivity index (χ1) is 7.72. The fraction of sp³-hybridized carbons (Fsp3) is 0.200. The highest BCUT2D eigenvalue weighted by Gasteiger charge is 2.06. The summed E-state index contributed by atoms with van der Waals surface area (Å²) in [7, 11) is 0. The summed E-state index contributed by atoms with van der Waals surface area (Å²) in [6, 6.07) is 14.2. The molecule has 82 valence electrons. The Morgan fingerprint density at radius 1 is 1.06 bits per heavy atom. The molecule has 2 rings (SSSR count). The standard InChI is InChI=1S/C15H16O/c1-3-12-10-14(11(2)9-15(12)16)13-7-5-4-6-8-13/h4-10,16H,3H2,1-2H3. The summed E-state index contributed by atoms with van der Waals surface area (Å²) in [5.41, 5.74) is 4.52. The van der Waals surface area contributed by atoms with E-state index in [1.807, 2.05) is 31.2 Å². The Bertz CT molecular complexity index is 486. The van der Waals surface area contributed by atoms with Gasteiger partial charge in [0.25, 0.3) is 0 Å². The minimum Gasteiger partial charge on any atom is -0.508 e. The predicted molar refractivity (Wildman–Crippen MR) is 67.7 cm³/mol. The first-order valence-corrected chi connectivity index (χ1v) is 5.60. The average Bonchev–Trinajstić information content (AvgIpc) is 2.30. The molecule has 0 unspecified atom stereocenters. The van der Waals surface area contributed by atoms with E-state index in [0.717, 1.165) is 17.5 Å². The molecular formula is C15H16O. The van der Waals surface area contributed by atoms with E-state index < -0.39 is 0 Å². The molecule has 0 aliphatic rings. The highest BCUT2D eigenvalue weighted by molar-refractivity contribution is 5.69. The van der Waals surface area contributed by atoms with Crippen LogP contribution >= 0.6 is 0 Å². The summed E-state index contributed by atoms with van der Waals surface area (Å²) in [5, 5.41) is 9.76. The van der Waals surface area contributed by atoms with Crippen LogP contribution < -0.4 is 0 Å². The highest BCUT2D eigenvalue weighted by atomic mass is 16.3. The van der Waals surface area contributed by atoms with E-state index in [1.54, 1.807) is 0 Å². The Kier molecular flexibility index (Phi) is 2.95. The molecule has 0 atom stereocenters. The SMILES string of the molecule is CCc1cc(-c2ccccc2)c(C)cc1O. The molecule has 0 heterocycles. The van der Waals surface area contributed by atoms with Gasteiger partial charge in [0.2, 0.25) is 0 Å². The second kappa shape index (κ2) is 4.40. The lowest BCUT2D eigenvalue weighted by atomic mass is 9.96. The summed E-state index contributed by atoms with van der Waals surface area (Å²) in [6.45, 7) is 4.08. The molecule has 0 radical (unpaired) electrons. The smallest absolute Gasteiger partial charge is 0.119 e. The van der Waals surface area contributed by atoms with Crippen LogP contribution in [0.1, 0.15) is 18.1 Å². The van der Waals surface area contributed by atoms with E-state index in [-0.39, 0.29) is 0 Å². The van der Waals surface area contributed by atoms with E-state index in [4.69, 9.17) is 0 Å². The Morgan fingerprint density at radius 2 is 1.75 bits per heavy atom. The minimum atomic E-state index is 0.402. The van der Waals surface area contributed by atoms with Crippen LogP contribution in [0.2, 0.25) is 0 Å². The molecule has 0 amide bonds. The quantitative estimate of drug-likeness (QED) is 0.799. The molecule has 0 aliphatic carbocycles. The summed E-state index contributed by atoms with van der Waals surface area (Å²) in [5.74, 6) is 0.402. The topological polar surface area (TPSA) is 20.2 Å². The summed E-state index contributed by atoms with van der Waals surface area (Å²) in [4.78, 5) is 0. The van der Waals surface area contributed by atoms with Crippen molar-refractivity contribution in [2.75, 3.05) is 0 Å². The molecule has 2 aromatic carbocycles. The Morgan fingerprint density at radius 3 is 2.38 bits per heavy atom. The number of phenols is 1. The van der Waals surface area contributed by atoms with Gasteiger partial charge in [-0.3, -0.25) is 0 Å². The molecule has 16 heavy (non-hydrogen) atoms. The highest BCUT2D eigenvalue weighted by Crippen LogP contribution is 2.29. The van der Waals surface area contributed by atoms with Crippen molar-refractivity contribution in [3.05, 3.63) is 53.6 Å². The third kappa shape index (κ3) is 1.94. The Hall–Kier alpha value is -1.76. The number of aryl methyl sites for hydroxylation is 2. The fourth-order valence-electron chi connectivity index (χ4n) is 1.95. The Labute approximate surface area is 96.4 Å². The zero-order chi connectivity index (χ0) is 11.5. The lowest BCUT2D eigenvalue weighted by Gasteiger charge is -2.10. The maximum absolute atomic E-state index is 9.76. The van der Waals surface area contributed by atoms with Crippen LogP contribution in [-0.2, 0) is 6.42 Å². The third-order valence-electron chi connectivity index (χ3n) is 2.89. The molecule has 0 spiro atoms. The average molecular weight is 212 g/mol. The summed E-state index contributed by atoms with van der Waals surface area (Å²) < 4.78 is 0. The van der Waals surface area contributed by atoms with Crippen LogP contribution in [0.5, 0.6) is 5.75 Å². The van der Waals surface area contributed by atoms with Crippen LogP contribution in [0.15, 0.2) is 42.5 Å². The number of hydrogen-bond acceptors (Lipinski definition) is 1. The fourth-order valence-corrected chi connectivity index (χ4v) is 1.95. The van der Waals surface area contributed by atoms with Crippen LogP contribution in [0, 0.1) is 6.92 Å². The molecule has 0 bridgehead atoms. The van der Waals surface area contributed by atoms with Crippen molar-refractivity contribution in [1.82, 2.24) is 0 Å². The van der Waals surface area contributed by atoms with Gasteiger partial charge in [0.05, 0.1) is 0 Å². The molecule has 0 aromatic heterocycles. The Balaban J connectivity index is 2.57. The number of hydrogen-bond donors (Lipinski definition) is 1. The minimum absolute atomic E-state index is 0.402. The summed E-state index contributed by atoms with van der Waals surface area (Å²) >= 11 is 0. The van der Waals surface area contributed by atoms with Crippen molar-refractivity contribution in [1.29, 1.82) is 0 Å². The normalized spacial score (nSPS) is 10.4. The third-order valence-corrected chi connectivity index (χ3v) is 2.89. The van der Waals surface area contributed by atoms with E-state index >= 15 is 0 Å². The monoisotopic (exact) mass is 212 g/mol. The van der Waals surface area contributed by atoms with Crippen LogP contribution in [0.25, 0.3) is 11.1 Å². The van der Waals surface area contributed by atoms with Crippen LogP contribution in [0.3, 0.4) is 0 Å². The largest absolute Gasteiger partial charge is 0.508 e. The molecule has 2 aromatic rings. The molecular weight excluding hydrogens is 196 g/mol. The number of benzene rings is 2. The maximum atomic E-state index is 9.76. The van der Waals surface area contributed by atoms with Crippen molar-refractivity contribution in [3.63, 3.8) is 0 Å². The molecule has 0 fully saturated rings. The van der Waals surface area contributed by atoms with Gasteiger partial charge >= 0.3 is 0 Å². The zero-order valence-corrected chi connectivity index (χ0v) is 9.70. The second-order valence-corrected chi connectivity index (χ2v) is 4.02. The summed E-state index contributed by atoms with van der Waals surface area (Å²) in [6.07, 6.45) is 0.853. The van der Waals surface area contributed by atoms with Gasteiger partial charge in [0, 0.05) is 0 Å². The van der Waals surface area contributed by atoms with Crippen molar-refractivity contribution in [2.24, 2.45) is 0 Å². The van der Waals surface area contributed by atoms with Gasteiger partial charge < -0.3 is 5.11 Å². The molecule has 0 saturated heterocycles. The lowest BCUT2D eigenvalue weighted by Crippen LogP contribution is -1.88. The molecule has 1 nitrogen and oxygen atoms in total. The maximum Gasteiger partial charge on any atom is 0.119 e. The number of phenolic OH excluding ortho intramolecular Hbond substituents is 1. The zero-order valence-electron chi connectivity index (χ0n) is 9.70. The first kappa shape index (κ1) is 10.7. The van der Waals surface area contributed by atoms with Crippen molar-refractivity contribution in [2.45, 2.75) is 20.3 Å². The van der Waals surface area contributed by atoms with Gasteiger partial charge in [0.15, 0.2) is 0 Å². The number of rotatable bonds is 2. The van der Waals surface area contributed by atoms with E-state index in [2.05, 4.69) is 25.1 Å². The van der Waals surface area contributed by atoms with Gasteiger partial charge in [-0.2, -0.15) is 0 Å². The van der Waals surface area contributed by atoms with Crippen molar-refractivity contribution in [3.8, 4) is 16.9 Å². The van der Waals surface area contributed by atoms with Crippen LogP contribution in [0.4, 0.5) is 0 Å². The van der Waals surface area contributed by atoms with Gasteiger partial charge in [0.1, 0.15) is 5.75 Å². The van der Waals surface area contributed by atoms with E-state index in [0.29, 0.717) is 5.75 Å². The first-order valence-electron chi connectivity index (χ1n) is 5.60. The van der Waals surface area contributed by atoms with Gasteiger partial charge in [-0.05, 0) is 47.7 Å². The van der Waals surface area contributed by atoms with Gasteiger partial charge in [-0.25, -0.2) is 0 Å². The van der Waals surface area contributed by atoms with Gasteiger partial charge in [-0.1, -0.05) is 37.3 Å². The van der Waals surface area contributed by atoms with Crippen molar-refractivity contribution >= 4 is 0 Å². The lowest BCUT2D eigenvalue weighted by molar-refractivity contribution is 0.468.